The van der Waals surface area contributed by atoms with Gasteiger partial charge in [0.1, 0.15) is 0 Å². The van der Waals surface area contributed by atoms with Crippen molar-refractivity contribution in [2.24, 2.45) is 0 Å². The van der Waals surface area contributed by atoms with Gasteiger partial charge < -0.3 is 0 Å². The van der Waals surface area contributed by atoms with E-state index in [0.29, 0.717) is 0 Å². The fourth-order valence-corrected chi connectivity index (χ4v) is 10.4. The Bertz CT molecular complexity index is 3560. The third-order valence-electron chi connectivity index (χ3n) is 12.8. The minimum absolute atomic E-state index is 1.28. The molecule has 0 bridgehead atoms. The van der Waals surface area contributed by atoms with Gasteiger partial charge in [-0.2, -0.15) is 0 Å². The third kappa shape index (κ3) is 4.01. The highest BCUT2D eigenvalue weighted by atomic mass is 14.3. The quantitative estimate of drug-likeness (QED) is 0.161. The summed E-state index contributed by atoms with van der Waals surface area (Å²) in [5.74, 6) is 0. The van der Waals surface area contributed by atoms with Gasteiger partial charge in [0.15, 0.2) is 0 Å². The van der Waals surface area contributed by atoms with Crippen molar-refractivity contribution in [3.8, 4) is 33.4 Å². The highest BCUT2D eigenvalue weighted by molar-refractivity contribution is 6.45. The summed E-state index contributed by atoms with van der Waals surface area (Å²) < 4.78 is 0. The fraction of sp³-hybridized carbons (Fsp3) is 0.0545. The van der Waals surface area contributed by atoms with Crippen molar-refractivity contribution in [1.29, 1.82) is 0 Å². The van der Waals surface area contributed by atoms with Crippen molar-refractivity contribution >= 4 is 86.2 Å². The van der Waals surface area contributed by atoms with Crippen LogP contribution in [0.15, 0.2) is 164 Å². The molecule has 0 aliphatic heterocycles. The van der Waals surface area contributed by atoms with Gasteiger partial charge in [-0.15, -0.1) is 0 Å². The van der Waals surface area contributed by atoms with Crippen LogP contribution >= 0.6 is 0 Å². The molecular weight excluding hydrogens is 661 g/mol. The van der Waals surface area contributed by atoms with Crippen LogP contribution in [0, 0.1) is 20.8 Å². The predicted octanol–water partition coefficient (Wildman–Crippen LogP) is 15.7. The fourth-order valence-electron chi connectivity index (χ4n) is 10.4. The zero-order chi connectivity index (χ0) is 36.5. The molecule has 0 aliphatic rings. The summed E-state index contributed by atoms with van der Waals surface area (Å²) in [5.41, 5.74) is 11.8. The first-order chi connectivity index (χ1) is 27.1. The number of rotatable bonds is 3. The molecule has 0 heteroatoms. The third-order valence-corrected chi connectivity index (χ3v) is 12.8. The molecule has 0 spiro atoms. The largest absolute Gasteiger partial charge is 0.0620 e. The number of hydrogen-bond acceptors (Lipinski definition) is 0. The first-order valence-corrected chi connectivity index (χ1v) is 19.4. The van der Waals surface area contributed by atoms with Crippen LogP contribution in [0.3, 0.4) is 0 Å². The highest BCUT2D eigenvalue weighted by Gasteiger charge is 2.28. The zero-order valence-corrected chi connectivity index (χ0v) is 31.1. The average Bonchev–Trinajstić information content (AvgIpc) is 3.73. The maximum atomic E-state index is 2.55. The molecule has 55 heavy (non-hydrogen) atoms. The monoisotopic (exact) mass is 696 g/mol. The van der Waals surface area contributed by atoms with Crippen LogP contribution in [0.5, 0.6) is 0 Å². The van der Waals surface area contributed by atoms with E-state index in [0.717, 1.165) is 0 Å². The zero-order valence-electron chi connectivity index (χ0n) is 31.1. The molecule has 0 nitrogen and oxygen atoms in total. The second-order valence-electron chi connectivity index (χ2n) is 15.6. The Hall–Kier alpha value is -6.76. The molecule has 12 aromatic rings. The second kappa shape index (κ2) is 11.1. The van der Waals surface area contributed by atoms with E-state index < -0.39 is 0 Å². The second-order valence-corrected chi connectivity index (χ2v) is 15.6. The summed E-state index contributed by atoms with van der Waals surface area (Å²) in [5, 5.41) is 21.3. The van der Waals surface area contributed by atoms with E-state index in [-0.39, 0.29) is 0 Å². The van der Waals surface area contributed by atoms with Gasteiger partial charge in [-0.1, -0.05) is 158 Å². The van der Waals surface area contributed by atoms with Crippen LogP contribution in [0.2, 0.25) is 0 Å². The number of benzene rings is 10. The lowest BCUT2D eigenvalue weighted by Crippen LogP contribution is -1.93. The van der Waals surface area contributed by atoms with Gasteiger partial charge in [0.05, 0.1) is 0 Å². The van der Waals surface area contributed by atoms with Crippen molar-refractivity contribution in [2.45, 2.75) is 20.8 Å². The minimum atomic E-state index is 1.28. The van der Waals surface area contributed by atoms with E-state index in [1.807, 2.05) is 0 Å². The molecule has 0 fully saturated rings. The van der Waals surface area contributed by atoms with Gasteiger partial charge in [0.2, 0.25) is 0 Å². The Morgan fingerprint density at radius 1 is 0.255 bits per heavy atom. The standard InChI is InChI=1S/C55H36/c1-31-14-4-7-17-35(31)51-48-30-47-40-21-11-10-20-39(40)42-22-12-24-44(50(42)47)52(48)53(36-18-8-5-15-32(36)2)55-45-25-13-23-43-41(28-29-46(49(43)45)54(51)55)38-27-26-34-16-6-9-19-37(34)33(38)3/h4-30H,1-3H3. The maximum absolute atomic E-state index is 2.55. The van der Waals surface area contributed by atoms with Gasteiger partial charge in [0, 0.05) is 0 Å². The molecule has 0 heterocycles. The normalized spacial score (nSPS) is 12.3. The molecule has 0 amide bonds. The Morgan fingerprint density at radius 3 is 1.51 bits per heavy atom. The molecule has 12 aromatic carbocycles. The van der Waals surface area contributed by atoms with E-state index in [2.05, 4.69) is 185 Å². The van der Waals surface area contributed by atoms with E-state index >= 15 is 0 Å². The molecule has 0 aromatic heterocycles. The summed E-state index contributed by atoms with van der Waals surface area (Å²) >= 11 is 0. The van der Waals surface area contributed by atoms with Crippen LogP contribution in [-0.4, -0.2) is 0 Å². The van der Waals surface area contributed by atoms with Gasteiger partial charge in [0.25, 0.3) is 0 Å². The SMILES string of the molecule is Cc1ccccc1-c1c2cc3c4ccccc4c4cccc(c2c(-c2ccccc2C)c2c5cccc6c(-c7ccc8ccccc8c7C)ccc(c12)c65)c43. The Kier molecular flexibility index (Phi) is 6.21. The molecule has 0 atom stereocenters. The molecule has 0 saturated heterocycles. The van der Waals surface area contributed by atoms with Crippen LogP contribution in [0.1, 0.15) is 16.7 Å². The predicted molar refractivity (Wildman–Crippen MR) is 239 cm³/mol. The van der Waals surface area contributed by atoms with Crippen LogP contribution in [-0.2, 0) is 0 Å². The molecular formula is C55H36. The van der Waals surface area contributed by atoms with E-state index in [1.165, 1.54) is 136 Å². The molecule has 0 N–H and O–H groups in total. The van der Waals surface area contributed by atoms with Crippen molar-refractivity contribution in [2.75, 3.05) is 0 Å². The van der Waals surface area contributed by atoms with Crippen LogP contribution in [0.4, 0.5) is 0 Å². The number of aryl methyl sites for hydroxylation is 3. The molecule has 0 saturated carbocycles. The van der Waals surface area contributed by atoms with E-state index in [1.54, 1.807) is 0 Å². The topological polar surface area (TPSA) is 0 Å². The highest BCUT2D eigenvalue weighted by Crippen LogP contribution is 2.56. The Labute approximate surface area is 319 Å². The lowest BCUT2D eigenvalue weighted by atomic mass is 9.82. The molecule has 12 rings (SSSR count). The summed E-state index contributed by atoms with van der Waals surface area (Å²) in [7, 11) is 0. The number of hydrogen-bond donors (Lipinski definition) is 0. The maximum Gasteiger partial charge on any atom is -0.000709 e. The molecule has 0 unspecified atom stereocenters. The minimum Gasteiger partial charge on any atom is -0.0620 e. The molecule has 0 radical (unpaired) electrons. The Balaban J connectivity index is 1.37. The van der Waals surface area contributed by atoms with Gasteiger partial charge in [-0.3, -0.25) is 0 Å². The lowest BCUT2D eigenvalue weighted by molar-refractivity contribution is 1.47. The van der Waals surface area contributed by atoms with Crippen molar-refractivity contribution in [1.82, 2.24) is 0 Å². The van der Waals surface area contributed by atoms with Crippen LogP contribution < -0.4 is 0 Å². The smallest absolute Gasteiger partial charge is 0.000709 e. The lowest BCUT2D eigenvalue weighted by Gasteiger charge is -2.20. The average molecular weight is 697 g/mol. The van der Waals surface area contributed by atoms with Crippen molar-refractivity contribution < 1.29 is 0 Å². The summed E-state index contributed by atoms with van der Waals surface area (Å²) in [6.07, 6.45) is 0. The summed E-state index contributed by atoms with van der Waals surface area (Å²) in [6.45, 7) is 6.84. The van der Waals surface area contributed by atoms with E-state index in [4.69, 9.17) is 0 Å². The molecule has 0 aliphatic carbocycles. The number of fused-ring (bicyclic) bond motifs is 9. The molecule has 256 valence electrons. The first kappa shape index (κ1) is 30.7. The van der Waals surface area contributed by atoms with Crippen LogP contribution in [0.25, 0.3) is 120 Å². The van der Waals surface area contributed by atoms with Crippen molar-refractivity contribution in [3.63, 3.8) is 0 Å². The summed E-state index contributed by atoms with van der Waals surface area (Å²) in [4.78, 5) is 0. The Morgan fingerprint density at radius 2 is 0.764 bits per heavy atom. The van der Waals surface area contributed by atoms with Crippen molar-refractivity contribution in [3.05, 3.63) is 180 Å². The van der Waals surface area contributed by atoms with E-state index in [9.17, 15) is 0 Å². The van der Waals surface area contributed by atoms with Gasteiger partial charge in [-0.25, -0.2) is 0 Å². The first-order valence-electron chi connectivity index (χ1n) is 19.4. The van der Waals surface area contributed by atoms with Gasteiger partial charge >= 0.3 is 0 Å². The summed E-state index contributed by atoms with van der Waals surface area (Å²) in [6, 6.07) is 61.8. The van der Waals surface area contributed by atoms with Gasteiger partial charge in [-0.05, 0) is 163 Å².